The molecule has 0 saturated carbocycles. The van der Waals surface area contributed by atoms with Crippen molar-refractivity contribution in [3.05, 3.63) is 59.7 Å². The number of ether oxygens (including phenoxy) is 1. The summed E-state index contributed by atoms with van der Waals surface area (Å²) in [5, 5.41) is 12.0. The van der Waals surface area contributed by atoms with E-state index in [4.69, 9.17) is 4.74 Å². The second kappa shape index (κ2) is 8.30. The zero-order chi connectivity index (χ0) is 23.0. The van der Waals surface area contributed by atoms with Crippen molar-refractivity contribution in [1.82, 2.24) is 10.2 Å². The summed E-state index contributed by atoms with van der Waals surface area (Å²) in [7, 11) is 0. The normalized spacial score (nSPS) is 18.0. The first-order valence-corrected chi connectivity index (χ1v) is 10.8. The van der Waals surface area contributed by atoms with E-state index in [-0.39, 0.29) is 31.5 Å². The lowest BCUT2D eigenvalue weighted by molar-refractivity contribution is -0.165. The van der Waals surface area contributed by atoms with Crippen LogP contribution in [0.15, 0.2) is 48.5 Å². The number of amides is 2. The van der Waals surface area contributed by atoms with Crippen LogP contribution in [-0.4, -0.2) is 53.7 Å². The Balaban J connectivity index is 1.33. The Hall–Kier alpha value is -3.35. The van der Waals surface area contributed by atoms with Crippen LogP contribution >= 0.6 is 0 Å². The van der Waals surface area contributed by atoms with E-state index >= 15 is 0 Å². The fourth-order valence-corrected chi connectivity index (χ4v) is 4.54. The number of likely N-dealkylation sites (tertiary alicyclic amines) is 1. The second-order valence-electron chi connectivity index (χ2n) is 9.11. The van der Waals surface area contributed by atoms with Gasteiger partial charge >= 0.3 is 12.1 Å². The van der Waals surface area contributed by atoms with E-state index < -0.39 is 29.4 Å². The molecule has 0 spiro atoms. The molecule has 2 aromatic rings. The first kappa shape index (κ1) is 21.9. The number of aliphatic carboxylic acids is 1. The number of rotatable bonds is 6. The van der Waals surface area contributed by atoms with E-state index in [1.165, 1.54) is 4.90 Å². The molecule has 0 radical (unpaired) electrons. The molecule has 4 rings (SSSR count). The molecule has 1 heterocycles. The van der Waals surface area contributed by atoms with Crippen LogP contribution in [0.1, 0.15) is 37.8 Å². The number of nitrogens with one attached hydrogen (secondary N) is 1. The minimum Gasteiger partial charge on any atom is -0.481 e. The maximum absolute atomic E-state index is 12.6. The molecule has 2 aromatic carbocycles. The van der Waals surface area contributed by atoms with E-state index in [1.807, 2.05) is 24.3 Å². The Bertz CT molecular complexity index is 1010. The molecule has 1 aliphatic heterocycles. The zero-order valence-electron chi connectivity index (χ0n) is 18.5. The number of carboxylic acids is 1. The van der Waals surface area contributed by atoms with Crippen LogP contribution in [0, 0.1) is 11.3 Å². The number of hydrogen-bond donors (Lipinski definition) is 2. The van der Waals surface area contributed by atoms with Crippen LogP contribution in [-0.2, 0) is 14.3 Å². The van der Waals surface area contributed by atoms with Crippen molar-refractivity contribution >= 4 is 18.0 Å². The summed E-state index contributed by atoms with van der Waals surface area (Å²) >= 11 is 0. The largest absolute Gasteiger partial charge is 0.481 e. The fraction of sp³-hybridized carbons (Fsp3) is 0.400. The number of benzene rings is 2. The number of hydrogen-bond acceptors (Lipinski definition) is 4. The molecule has 168 valence electrons. The summed E-state index contributed by atoms with van der Waals surface area (Å²) in [5.74, 6) is -1.60. The lowest BCUT2D eigenvalue weighted by atomic mass is 9.81. The number of carboxylic acid groups (broad SMARTS) is 1. The van der Waals surface area contributed by atoms with E-state index in [0.717, 1.165) is 22.3 Å². The lowest BCUT2D eigenvalue weighted by Crippen LogP contribution is -2.62. The highest BCUT2D eigenvalue weighted by Gasteiger charge is 2.48. The Kier molecular flexibility index (Phi) is 5.67. The molecule has 1 saturated heterocycles. The zero-order valence-corrected chi connectivity index (χ0v) is 18.5. The monoisotopic (exact) mass is 436 g/mol. The summed E-state index contributed by atoms with van der Waals surface area (Å²) < 4.78 is 5.55. The fourth-order valence-electron chi connectivity index (χ4n) is 4.54. The topological polar surface area (TPSA) is 95.9 Å². The van der Waals surface area contributed by atoms with Crippen molar-refractivity contribution in [2.24, 2.45) is 11.3 Å². The third-order valence-corrected chi connectivity index (χ3v) is 6.74. The molecule has 7 nitrogen and oxygen atoms in total. The molecule has 7 heteroatoms. The van der Waals surface area contributed by atoms with Crippen LogP contribution in [0.5, 0.6) is 0 Å². The van der Waals surface area contributed by atoms with Gasteiger partial charge in [-0.2, -0.15) is 0 Å². The number of carbonyl (C=O) groups excluding carboxylic acids is 2. The van der Waals surface area contributed by atoms with Gasteiger partial charge in [-0.1, -0.05) is 55.5 Å². The van der Waals surface area contributed by atoms with E-state index in [2.05, 4.69) is 29.6 Å². The molecule has 2 atom stereocenters. The molecule has 1 aliphatic carbocycles. The average molecular weight is 437 g/mol. The van der Waals surface area contributed by atoms with Gasteiger partial charge in [-0.25, -0.2) is 4.79 Å². The highest BCUT2D eigenvalue weighted by atomic mass is 16.5. The predicted molar refractivity (Wildman–Crippen MR) is 119 cm³/mol. The van der Waals surface area contributed by atoms with Gasteiger partial charge in [0, 0.05) is 25.0 Å². The molecule has 2 unspecified atom stereocenters. The van der Waals surface area contributed by atoms with Crippen LogP contribution < -0.4 is 5.32 Å². The van der Waals surface area contributed by atoms with Crippen molar-refractivity contribution in [2.45, 2.75) is 32.7 Å². The number of carbonyl (C=O) groups is 3. The molecular formula is C25H28N2O5. The predicted octanol–water partition coefficient (Wildman–Crippen LogP) is 3.48. The van der Waals surface area contributed by atoms with Crippen LogP contribution in [0.25, 0.3) is 11.1 Å². The van der Waals surface area contributed by atoms with E-state index in [1.54, 1.807) is 20.8 Å². The minimum atomic E-state index is -0.904. The molecular weight excluding hydrogens is 408 g/mol. The third kappa shape index (κ3) is 3.83. The molecule has 2 N–H and O–H groups in total. The van der Waals surface area contributed by atoms with E-state index in [9.17, 15) is 19.5 Å². The molecule has 2 amide bonds. The molecule has 1 fully saturated rings. The van der Waals surface area contributed by atoms with Gasteiger partial charge in [-0.15, -0.1) is 0 Å². The number of nitrogens with zero attached hydrogens (tertiary/aromatic N) is 1. The summed E-state index contributed by atoms with van der Waals surface area (Å²) in [6.07, 6.45) is -0.571. The van der Waals surface area contributed by atoms with Gasteiger partial charge in [0.05, 0.1) is 11.3 Å². The minimum absolute atomic E-state index is 0.0303. The van der Waals surface area contributed by atoms with Gasteiger partial charge in [0.15, 0.2) is 0 Å². The highest BCUT2D eigenvalue weighted by molar-refractivity contribution is 5.85. The van der Waals surface area contributed by atoms with Gasteiger partial charge in [0.2, 0.25) is 5.91 Å². The maximum Gasteiger partial charge on any atom is 0.407 e. The van der Waals surface area contributed by atoms with Gasteiger partial charge in [-0.3, -0.25) is 9.59 Å². The Morgan fingerprint density at radius 1 is 1.06 bits per heavy atom. The van der Waals surface area contributed by atoms with Crippen LogP contribution in [0.2, 0.25) is 0 Å². The van der Waals surface area contributed by atoms with Crippen molar-refractivity contribution in [3.8, 4) is 11.1 Å². The average Bonchev–Trinajstić information content (AvgIpc) is 3.08. The smallest absolute Gasteiger partial charge is 0.407 e. The Morgan fingerprint density at radius 3 is 2.12 bits per heavy atom. The lowest BCUT2D eigenvalue weighted by Gasteiger charge is -2.46. The SMILES string of the molecule is CC(NC(=O)OCC1c2ccccc2-c2ccccc21)C(C)C(=O)N1CC(C)(C(=O)O)C1. The van der Waals surface area contributed by atoms with Gasteiger partial charge in [0.1, 0.15) is 6.61 Å². The summed E-state index contributed by atoms with van der Waals surface area (Å²) in [6, 6.07) is 15.8. The first-order valence-electron chi connectivity index (χ1n) is 10.8. The van der Waals surface area contributed by atoms with Crippen molar-refractivity contribution in [3.63, 3.8) is 0 Å². The molecule has 0 bridgehead atoms. The van der Waals surface area contributed by atoms with Gasteiger partial charge < -0.3 is 20.1 Å². The van der Waals surface area contributed by atoms with Crippen molar-refractivity contribution in [2.75, 3.05) is 19.7 Å². The van der Waals surface area contributed by atoms with Gasteiger partial charge in [0.25, 0.3) is 0 Å². The van der Waals surface area contributed by atoms with Crippen molar-refractivity contribution < 1.29 is 24.2 Å². The van der Waals surface area contributed by atoms with Crippen LogP contribution in [0.3, 0.4) is 0 Å². The highest BCUT2D eigenvalue weighted by Crippen LogP contribution is 2.44. The maximum atomic E-state index is 12.6. The molecule has 0 aromatic heterocycles. The van der Waals surface area contributed by atoms with Gasteiger partial charge in [-0.05, 0) is 36.1 Å². The summed E-state index contributed by atoms with van der Waals surface area (Å²) in [6.45, 7) is 5.68. The first-order chi connectivity index (χ1) is 15.2. The standard InChI is InChI=1S/C25H28N2O5/c1-15(22(28)27-13-25(3,14-27)23(29)30)16(2)26-24(31)32-12-21-19-10-6-4-8-17(19)18-9-5-7-11-20(18)21/h4-11,15-16,21H,12-14H2,1-3H3,(H,26,31)(H,29,30). The summed E-state index contributed by atoms with van der Waals surface area (Å²) in [4.78, 5) is 37.9. The molecule has 32 heavy (non-hydrogen) atoms. The summed E-state index contributed by atoms with van der Waals surface area (Å²) in [5.41, 5.74) is 3.70. The Labute approximate surface area is 187 Å². The second-order valence-corrected chi connectivity index (χ2v) is 9.11. The van der Waals surface area contributed by atoms with E-state index in [0.29, 0.717) is 0 Å². The molecule has 2 aliphatic rings. The van der Waals surface area contributed by atoms with Crippen LogP contribution in [0.4, 0.5) is 4.79 Å². The Morgan fingerprint density at radius 2 is 1.59 bits per heavy atom. The number of fused-ring (bicyclic) bond motifs is 3. The number of alkyl carbamates (subject to hydrolysis) is 1. The third-order valence-electron chi connectivity index (χ3n) is 6.74. The van der Waals surface area contributed by atoms with Crippen molar-refractivity contribution in [1.29, 1.82) is 0 Å². The quantitative estimate of drug-likeness (QED) is 0.723.